The van der Waals surface area contributed by atoms with E-state index >= 15 is 0 Å². The summed E-state index contributed by atoms with van der Waals surface area (Å²) in [7, 11) is 0. The van der Waals surface area contributed by atoms with Crippen LogP contribution in [0.3, 0.4) is 0 Å². The second-order valence-corrected chi connectivity index (χ2v) is 3.45. The molecule has 0 atom stereocenters. The Hall–Kier alpha value is -2.75. The van der Waals surface area contributed by atoms with Crippen molar-refractivity contribution in [3.8, 4) is 0 Å². The normalized spacial score (nSPS) is 9.95. The molecule has 0 spiro atoms. The van der Waals surface area contributed by atoms with Crippen molar-refractivity contribution >= 4 is 23.0 Å². The topological polar surface area (TPSA) is 167 Å². The zero-order valence-corrected chi connectivity index (χ0v) is 9.66. The molecule has 1 aromatic rings. The van der Waals surface area contributed by atoms with Crippen LogP contribution in [0.15, 0.2) is 12.1 Å². The van der Waals surface area contributed by atoms with Gasteiger partial charge in [-0.15, -0.1) is 0 Å². The third kappa shape index (κ3) is 2.93. The second-order valence-electron chi connectivity index (χ2n) is 3.45. The number of carbonyl (C=O) groups excluding carboxylic acids is 1. The predicted octanol–water partition coefficient (Wildman–Crippen LogP) is -0.0275. The maximum Gasteiger partial charge on any atom is 0.312 e. The summed E-state index contributed by atoms with van der Waals surface area (Å²) in [5.41, 5.74) is 8.21. The minimum absolute atomic E-state index is 0.0733. The number of carbonyl (C=O) groups is 1. The van der Waals surface area contributed by atoms with Gasteiger partial charge in [0.1, 0.15) is 5.56 Å². The highest BCUT2D eigenvalue weighted by molar-refractivity contribution is 6.00. The number of nitrogens with one attached hydrogen (secondary N) is 1. The van der Waals surface area contributed by atoms with Crippen molar-refractivity contribution in [1.82, 2.24) is 0 Å². The lowest BCUT2D eigenvalue weighted by molar-refractivity contribution is -0.392. The number of primary amides is 1. The predicted molar refractivity (Wildman–Crippen MR) is 65.8 cm³/mol. The summed E-state index contributed by atoms with van der Waals surface area (Å²) >= 11 is 0. The summed E-state index contributed by atoms with van der Waals surface area (Å²) in [5.74, 6) is -1.04. The Morgan fingerprint density at radius 3 is 2.32 bits per heavy atom. The fourth-order valence-corrected chi connectivity index (χ4v) is 1.49. The largest absolute Gasteiger partial charge is 0.373 e. The van der Waals surface area contributed by atoms with Crippen molar-refractivity contribution in [3.63, 3.8) is 0 Å². The summed E-state index contributed by atoms with van der Waals surface area (Å²) in [6, 6.07) is 1.93. The Morgan fingerprint density at radius 2 is 1.89 bits per heavy atom. The van der Waals surface area contributed by atoms with Crippen LogP contribution in [-0.2, 0) is 0 Å². The molecule has 0 unspecified atom stereocenters. The number of nitrogens with zero attached hydrogens (tertiary/aromatic N) is 2. The van der Waals surface area contributed by atoms with Crippen LogP contribution in [0, 0.1) is 20.2 Å². The molecule has 10 heteroatoms. The van der Waals surface area contributed by atoms with Gasteiger partial charge in [-0.25, -0.2) is 0 Å². The van der Waals surface area contributed by atoms with E-state index in [-0.39, 0.29) is 18.8 Å². The third-order valence-corrected chi connectivity index (χ3v) is 2.25. The smallest absolute Gasteiger partial charge is 0.312 e. The summed E-state index contributed by atoms with van der Waals surface area (Å²) in [6.07, 6.45) is 0. The molecule has 0 aliphatic carbocycles. The van der Waals surface area contributed by atoms with Gasteiger partial charge in [-0.05, 0) is 6.07 Å². The van der Waals surface area contributed by atoms with Crippen LogP contribution in [0.4, 0.5) is 17.1 Å². The van der Waals surface area contributed by atoms with E-state index in [1.807, 2.05) is 0 Å². The van der Waals surface area contributed by atoms with Gasteiger partial charge in [0.15, 0.2) is 5.69 Å². The zero-order valence-electron chi connectivity index (χ0n) is 9.66. The minimum atomic E-state index is -1.04. The number of amides is 1. The van der Waals surface area contributed by atoms with Crippen molar-refractivity contribution in [2.24, 2.45) is 11.5 Å². The van der Waals surface area contributed by atoms with E-state index in [4.69, 9.17) is 11.5 Å². The Bertz CT molecular complexity index is 544. The molecule has 0 bridgehead atoms. The number of rotatable bonds is 6. The lowest BCUT2D eigenvalue weighted by Crippen LogP contribution is -2.18. The van der Waals surface area contributed by atoms with Gasteiger partial charge in [0.2, 0.25) is 0 Å². The van der Waals surface area contributed by atoms with Crippen molar-refractivity contribution < 1.29 is 14.6 Å². The lowest BCUT2D eigenvalue weighted by atomic mass is 10.1. The summed E-state index contributed by atoms with van der Waals surface area (Å²) in [6.45, 7) is 0.180. The molecule has 5 N–H and O–H groups in total. The number of hydrogen-bond acceptors (Lipinski definition) is 7. The maximum absolute atomic E-state index is 11.1. The minimum Gasteiger partial charge on any atom is -0.373 e. The molecule has 0 aromatic heterocycles. The Labute approximate surface area is 106 Å². The van der Waals surface area contributed by atoms with Gasteiger partial charge < -0.3 is 16.8 Å². The fourth-order valence-electron chi connectivity index (χ4n) is 1.49. The zero-order chi connectivity index (χ0) is 14.6. The third-order valence-electron chi connectivity index (χ3n) is 2.25. The first kappa shape index (κ1) is 14.3. The molecule has 0 heterocycles. The molecule has 0 fully saturated rings. The van der Waals surface area contributed by atoms with E-state index in [0.29, 0.717) is 0 Å². The van der Waals surface area contributed by atoms with Crippen LogP contribution in [0.2, 0.25) is 0 Å². The molecule has 10 nitrogen and oxygen atoms in total. The van der Waals surface area contributed by atoms with Crippen LogP contribution in [0.5, 0.6) is 0 Å². The van der Waals surface area contributed by atoms with Crippen LogP contribution in [0.25, 0.3) is 0 Å². The van der Waals surface area contributed by atoms with E-state index in [2.05, 4.69) is 5.32 Å². The Morgan fingerprint density at radius 1 is 1.26 bits per heavy atom. The highest BCUT2D eigenvalue weighted by Crippen LogP contribution is 2.36. The molecule has 0 aliphatic heterocycles. The average Bonchev–Trinajstić information content (AvgIpc) is 2.34. The van der Waals surface area contributed by atoms with Crippen LogP contribution in [0.1, 0.15) is 10.4 Å². The summed E-state index contributed by atoms with van der Waals surface area (Å²) in [4.78, 5) is 31.3. The van der Waals surface area contributed by atoms with Gasteiger partial charge in [0.25, 0.3) is 11.6 Å². The maximum atomic E-state index is 11.1. The molecule has 19 heavy (non-hydrogen) atoms. The number of benzene rings is 1. The molecule has 0 saturated heterocycles. The van der Waals surface area contributed by atoms with Gasteiger partial charge in [-0.2, -0.15) is 0 Å². The van der Waals surface area contributed by atoms with Gasteiger partial charge >= 0.3 is 5.69 Å². The Balaban J connectivity index is 3.56. The van der Waals surface area contributed by atoms with E-state index in [9.17, 15) is 25.0 Å². The molecule has 1 amide bonds. The monoisotopic (exact) mass is 269 g/mol. The van der Waals surface area contributed by atoms with Crippen molar-refractivity contribution in [1.29, 1.82) is 0 Å². The van der Waals surface area contributed by atoms with E-state index in [1.165, 1.54) is 0 Å². The molecule has 1 rings (SSSR count). The number of hydrogen-bond donors (Lipinski definition) is 3. The molecule has 0 saturated carbocycles. The van der Waals surface area contributed by atoms with Gasteiger partial charge in [-0.3, -0.25) is 25.0 Å². The first-order chi connectivity index (χ1) is 8.90. The molecule has 0 aliphatic rings. The quantitative estimate of drug-likeness (QED) is 0.481. The van der Waals surface area contributed by atoms with E-state index in [0.717, 1.165) is 12.1 Å². The molecular formula is C9H11N5O5. The molecular weight excluding hydrogens is 258 g/mol. The number of nitro groups is 2. The standard InChI is InChI=1S/C9H11N5O5/c10-3-4-12-7-6(13(16)17)2-1-5(9(11)15)8(7)14(18)19/h1-2,12H,3-4,10H2,(H2,11,15). The van der Waals surface area contributed by atoms with E-state index < -0.39 is 32.7 Å². The SMILES string of the molecule is NCCNc1c([N+](=O)[O-])ccc(C(N)=O)c1[N+](=O)[O-]. The van der Waals surface area contributed by atoms with E-state index in [1.54, 1.807) is 0 Å². The molecule has 1 aromatic carbocycles. The highest BCUT2D eigenvalue weighted by atomic mass is 16.6. The van der Waals surface area contributed by atoms with Crippen molar-refractivity contribution in [2.45, 2.75) is 0 Å². The first-order valence-electron chi connectivity index (χ1n) is 5.09. The average molecular weight is 269 g/mol. The van der Waals surface area contributed by atoms with Crippen LogP contribution >= 0.6 is 0 Å². The van der Waals surface area contributed by atoms with Crippen molar-refractivity contribution in [3.05, 3.63) is 37.9 Å². The fraction of sp³-hybridized carbons (Fsp3) is 0.222. The second kappa shape index (κ2) is 5.73. The summed E-state index contributed by atoms with van der Waals surface area (Å²) in [5, 5.41) is 24.3. The highest BCUT2D eigenvalue weighted by Gasteiger charge is 2.30. The van der Waals surface area contributed by atoms with Crippen molar-refractivity contribution in [2.75, 3.05) is 18.4 Å². The van der Waals surface area contributed by atoms with Crippen LogP contribution < -0.4 is 16.8 Å². The number of nitrogens with two attached hydrogens (primary N) is 2. The number of nitro benzene ring substituents is 2. The lowest BCUT2D eigenvalue weighted by Gasteiger charge is -2.08. The first-order valence-corrected chi connectivity index (χ1v) is 5.09. The molecule has 0 radical (unpaired) electrons. The van der Waals surface area contributed by atoms with Crippen LogP contribution in [-0.4, -0.2) is 28.8 Å². The Kier molecular flexibility index (Phi) is 4.32. The molecule has 102 valence electrons. The summed E-state index contributed by atoms with van der Waals surface area (Å²) < 4.78 is 0. The van der Waals surface area contributed by atoms with Gasteiger partial charge in [0.05, 0.1) is 9.85 Å². The number of anilines is 1. The van der Waals surface area contributed by atoms with Gasteiger partial charge in [-0.1, -0.05) is 0 Å². The van der Waals surface area contributed by atoms with Gasteiger partial charge in [0, 0.05) is 19.2 Å².